The Kier molecular flexibility index (Phi) is 2.57. The molecule has 0 bridgehead atoms. The summed E-state index contributed by atoms with van der Waals surface area (Å²) in [5, 5.41) is 0. The highest BCUT2D eigenvalue weighted by atomic mass is 19.1. The SMILES string of the molecule is NCC(N)c1ccccc1F. The Balaban J connectivity index is 2.93. The lowest BCUT2D eigenvalue weighted by atomic mass is 10.1. The minimum atomic E-state index is -0.392. The van der Waals surface area contributed by atoms with Gasteiger partial charge in [0.2, 0.25) is 0 Å². The van der Waals surface area contributed by atoms with Gasteiger partial charge in [-0.1, -0.05) is 18.2 Å². The van der Waals surface area contributed by atoms with E-state index in [9.17, 15) is 4.39 Å². The Bertz CT molecular complexity index is 237. The number of hydrogen-bond acceptors (Lipinski definition) is 2. The molecule has 0 aliphatic rings. The molecular formula is C8H11FN2. The number of halogens is 1. The second-order valence-electron chi connectivity index (χ2n) is 2.36. The van der Waals surface area contributed by atoms with E-state index < -0.39 is 6.04 Å². The molecule has 0 spiro atoms. The largest absolute Gasteiger partial charge is 0.329 e. The number of nitrogens with two attached hydrogens (primary N) is 2. The van der Waals surface area contributed by atoms with Crippen molar-refractivity contribution >= 4 is 0 Å². The zero-order valence-corrected chi connectivity index (χ0v) is 6.13. The minimum Gasteiger partial charge on any atom is -0.329 e. The fraction of sp³-hybridized carbons (Fsp3) is 0.250. The van der Waals surface area contributed by atoms with Crippen molar-refractivity contribution in [2.75, 3.05) is 6.54 Å². The van der Waals surface area contributed by atoms with Crippen LogP contribution in [0.3, 0.4) is 0 Å². The molecular weight excluding hydrogens is 143 g/mol. The van der Waals surface area contributed by atoms with Crippen LogP contribution in [0.15, 0.2) is 24.3 Å². The molecule has 0 aliphatic carbocycles. The predicted molar refractivity (Wildman–Crippen MR) is 42.4 cm³/mol. The summed E-state index contributed by atoms with van der Waals surface area (Å²) in [5.41, 5.74) is 11.3. The van der Waals surface area contributed by atoms with Crippen molar-refractivity contribution in [2.45, 2.75) is 6.04 Å². The molecule has 0 aromatic heterocycles. The molecule has 0 heterocycles. The summed E-state index contributed by atoms with van der Waals surface area (Å²) in [5.74, 6) is -0.287. The molecule has 0 amide bonds. The first-order valence-corrected chi connectivity index (χ1v) is 3.45. The van der Waals surface area contributed by atoms with E-state index in [2.05, 4.69) is 0 Å². The van der Waals surface area contributed by atoms with Gasteiger partial charge < -0.3 is 11.5 Å². The van der Waals surface area contributed by atoms with Crippen molar-refractivity contribution in [3.8, 4) is 0 Å². The van der Waals surface area contributed by atoms with Gasteiger partial charge in [-0.25, -0.2) is 4.39 Å². The van der Waals surface area contributed by atoms with E-state index in [0.717, 1.165) is 0 Å². The lowest BCUT2D eigenvalue weighted by Gasteiger charge is -2.08. The van der Waals surface area contributed by atoms with Crippen molar-refractivity contribution in [3.05, 3.63) is 35.6 Å². The molecule has 0 radical (unpaired) electrons. The van der Waals surface area contributed by atoms with Crippen LogP contribution in [-0.2, 0) is 0 Å². The van der Waals surface area contributed by atoms with E-state index in [1.807, 2.05) is 0 Å². The first-order chi connectivity index (χ1) is 5.25. The van der Waals surface area contributed by atoms with Crippen LogP contribution in [-0.4, -0.2) is 6.54 Å². The maximum absolute atomic E-state index is 12.9. The Morgan fingerprint density at radius 2 is 2.00 bits per heavy atom. The first-order valence-electron chi connectivity index (χ1n) is 3.45. The van der Waals surface area contributed by atoms with Gasteiger partial charge in [0, 0.05) is 18.2 Å². The van der Waals surface area contributed by atoms with E-state index in [0.29, 0.717) is 5.56 Å². The maximum atomic E-state index is 12.9. The Hall–Kier alpha value is -0.930. The number of hydrogen-bond donors (Lipinski definition) is 2. The summed E-state index contributed by atoms with van der Waals surface area (Å²) in [7, 11) is 0. The molecule has 1 rings (SSSR count). The highest BCUT2D eigenvalue weighted by Gasteiger charge is 2.07. The molecule has 1 aromatic carbocycles. The second kappa shape index (κ2) is 3.46. The molecule has 11 heavy (non-hydrogen) atoms. The summed E-state index contributed by atoms with van der Waals surface area (Å²) >= 11 is 0. The van der Waals surface area contributed by atoms with Gasteiger partial charge in [0.15, 0.2) is 0 Å². The standard InChI is InChI=1S/C8H11FN2/c9-7-4-2-1-3-6(7)8(11)5-10/h1-4,8H,5,10-11H2. The van der Waals surface area contributed by atoms with Gasteiger partial charge in [0.1, 0.15) is 5.82 Å². The van der Waals surface area contributed by atoms with Gasteiger partial charge in [-0.3, -0.25) is 0 Å². The van der Waals surface area contributed by atoms with Gasteiger partial charge >= 0.3 is 0 Å². The topological polar surface area (TPSA) is 52.0 Å². The highest BCUT2D eigenvalue weighted by molar-refractivity contribution is 5.20. The van der Waals surface area contributed by atoms with E-state index in [-0.39, 0.29) is 12.4 Å². The summed E-state index contributed by atoms with van der Waals surface area (Å²) < 4.78 is 12.9. The fourth-order valence-electron chi connectivity index (χ4n) is 0.903. The molecule has 3 heteroatoms. The number of benzene rings is 1. The molecule has 60 valence electrons. The third kappa shape index (κ3) is 1.76. The second-order valence-corrected chi connectivity index (χ2v) is 2.36. The lowest BCUT2D eigenvalue weighted by Crippen LogP contribution is -2.21. The third-order valence-corrected chi connectivity index (χ3v) is 1.56. The van der Waals surface area contributed by atoms with Crippen LogP contribution < -0.4 is 11.5 Å². The molecule has 1 atom stereocenters. The fourth-order valence-corrected chi connectivity index (χ4v) is 0.903. The van der Waals surface area contributed by atoms with Gasteiger partial charge in [-0.2, -0.15) is 0 Å². The summed E-state index contributed by atoms with van der Waals surface area (Å²) in [6.07, 6.45) is 0. The van der Waals surface area contributed by atoms with Gasteiger partial charge in [0.25, 0.3) is 0 Å². The molecule has 1 unspecified atom stereocenters. The quantitative estimate of drug-likeness (QED) is 0.661. The van der Waals surface area contributed by atoms with Crippen LogP contribution in [0.25, 0.3) is 0 Å². The van der Waals surface area contributed by atoms with Crippen molar-refractivity contribution in [1.29, 1.82) is 0 Å². The van der Waals surface area contributed by atoms with Crippen LogP contribution in [0.5, 0.6) is 0 Å². The molecule has 0 aliphatic heterocycles. The van der Waals surface area contributed by atoms with E-state index >= 15 is 0 Å². The zero-order valence-electron chi connectivity index (χ0n) is 6.13. The maximum Gasteiger partial charge on any atom is 0.128 e. The smallest absolute Gasteiger partial charge is 0.128 e. The first kappa shape index (κ1) is 8.17. The molecule has 0 saturated carbocycles. The number of rotatable bonds is 2. The molecule has 0 fully saturated rings. The highest BCUT2D eigenvalue weighted by Crippen LogP contribution is 2.12. The molecule has 0 saturated heterocycles. The Morgan fingerprint density at radius 1 is 1.36 bits per heavy atom. The predicted octanol–water partition coefficient (Wildman–Crippen LogP) is 0.784. The van der Waals surface area contributed by atoms with Crippen LogP contribution in [0.2, 0.25) is 0 Å². The van der Waals surface area contributed by atoms with Crippen molar-refractivity contribution in [2.24, 2.45) is 11.5 Å². The van der Waals surface area contributed by atoms with Gasteiger partial charge in [-0.05, 0) is 6.07 Å². The van der Waals surface area contributed by atoms with Crippen LogP contribution in [0, 0.1) is 5.82 Å². The van der Waals surface area contributed by atoms with Crippen LogP contribution in [0.4, 0.5) is 4.39 Å². The average Bonchev–Trinajstić information content (AvgIpc) is 2.04. The van der Waals surface area contributed by atoms with Gasteiger partial charge in [0.05, 0.1) is 0 Å². The van der Waals surface area contributed by atoms with Crippen LogP contribution >= 0.6 is 0 Å². The summed E-state index contributed by atoms with van der Waals surface area (Å²) in [6.45, 7) is 0.265. The molecule has 4 N–H and O–H groups in total. The molecule has 2 nitrogen and oxygen atoms in total. The van der Waals surface area contributed by atoms with Crippen LogP contribution in [0.1, 0.15) is 11.6 Å². The van der Waals surface area contributed by atoms with E-state index in [1.54, 1.807) is 18.2 Å². The van der Waals surface area contributed by atoms with Crippen molar-refractivity contribution < 1.29 is 4.39 Å². The van der Waals surface area contributed by atoms with E-state index in [1.165, 1.54) is 6.07 Å². The monoisotopic (exact) mass is 154 g/mol. The van der Waals surface area contributed by atoms with Crippen molar-refractivity contribution in [1.82, 2.24) is 0 Å². The van der Waals surface area contributed by atoms with Crippen molar-refractivity contribution in [3.63, 3.8) is 0 Å². The third-order valence-electron chi connectivity index (χ3n) is 1.56. The van der Waals surface area contributed by atoms with E-state index in [4.69, 9.17) is 11.5 Å². The Morgan fingerprint density at radius 3 is 2.55 bits per heavy atom. The zero-order chi connectivity index (χ0) is 8.27. The summed E-state index contributed by atoms with van der Waals surface area (Å²) in [4.78, 5) is 0. The molecule has 1 aromatic rings. The normalized spacial score (nSPS) is 13.0. The minimum absolute atomic E-state index is 0.265. The lowest BCUT2D eigenvalue weighted by molar-refractivity contribution is 0.584. The Labute approximate surface area is 65.0 Å². The average molecular weight is 154 g/mol. The van der Waals surface area contributed by atoms with Gasteiger partial charge in [-0.15, -0.1) is 0 Å². The summed E-state index contributed by atoms with van der Waals surface area (Å²) in [6, 6.07) is 6.00.